The maximum Gasteiger partial charge on any atom is 0.0472 e. The standard InChI is InChI=1S/C16H24ClN3/c1-12-2-3-13(10-15(12)17)16(11-18)20-8-6-19(7-9-20)14-4-5-14/h2-3,10,14,16H,4-9,11,18H2,1H3. The largest absolute Gasteiger partial charge is 0.329 e. The molecule has 110 valence electrons. The third-order valence-corrected chi connectivity index (χ3v) is 5.06. The molecule has 0 aromatic heterocycles. The van der Waals surface area contributed by atoms with Crippen LogP contribution in [0.4, 0.5) is 0 Å². The molecule has 1 unspecified atom stereocenters. The molecule has 4 heteroatoms. The van der Waals surface area contributed by atoms with Gasteiger partial charge in [-0.15, -0.1) is 0 Å². The van der Waals surface area contributed by atoms with E-state index >= 15 is 0 Å². The number of nitrogens with zero attached hydrogens (tertiary/aromatic N) is 2. The lowest BCUT2D eigenvalue weighted by molar-refractivity contribution is 0.0938. The van der Waals surface area contributed by atoms with E-state index < -0.39 is 0 Å². The molecule has 3 nitrogen and oxygen atoms in total. The van der Waals surface area contributed by atoms with Gasteiger partial charge in [0.2, 0.25) is 0 Å². The van der Waals surface area contributed by atoms with E-state index in [9.17, 15) is 0 Å². The van der Waals surface area contributed by atoms with Crippen LogP contribution >= 0.6 is 11.6 Å². The number of piperazine rings is 1. The Balaban J connectivity index is 1.68. The van der Waals surface area contributed by atoms with E-state index in [0.29, 0.717) is 12.6 Å². The quantitative estimate of drug-likeness (QED) is 0.925. The summed E-state index contributed by atoms with van der Waals surface area (Å²) in [5.74, 6) is 0. The molecule has 2 N–H and O–H groups in total. The van der Waals surface area contributed by atoms with Crippen LogP contribution in [0.25, 0.3) is 0 Å². The van der Waals surface area contributed by atoms with Gasteiger partial charge in [0.05, 0.1) is 0 Å². The zero-order chi connectivity index (χ0) is 14.1. The Labute approximate surface area is 126 Å². The van der Waals surface area contributed by atoms with Crippen molar-refractivity contribution < 1.29 is 0 Å². The van der Waals surface area contributed by atoms with Crippen LogP contribution in [0.3, 0.4) is 0 Å². The van der Waals surface area contributed by atoms with Crippen LogP contribution in [0.15, 0.2) is 18.2 Å². The van der Waals surface area contributed by atoms with E-state index in [2.05, 4.69) is 28.0 Å². The van der Waals surface area contributed by atoms with E-state index in [4.69, 9.17) is 17.3 Å². The third kappa shape index (κ3) is 3.01. The van der Waals surface area contributed by atoms with Crippen molar-refractivity contribution >= 4 is 11.6 Å². The fourth-order valence-corrected chi connectivity index (χ4v) is 3.36. The Morgan fingerprint density at radius 3 is 2.50 bits per heavy atom. The Bertz CT molecular complexity index is 465. The Kier molecular flexibility index (Phi) is 4.32. The molecule has 1 aliphatic heterocycles. The van der Waals surface area contributed by atoms with E-state index in [1.54, 1.807) is 0 Å². The van der Waals surface area contributed by atoms with Gasteiger partial charge in [0, 0.05) is 49.8 Å². The van der Waals surface area contributed by atoms with Crippen LogP contribution in [0.1, 0.15) is 30.0 Å². The van der Waals surface area contributed by atoms with Crippen molar-refractivity contribution in [3.8, 4) is 0 Å². The highest BCUT2D eigenvalue weighted by Gasteiger charge is 2.32. The molecule has 3 rings (SSSR count). The highest BCUT2D eigenvalue weighted by molar-refractivity contribution is 6.31. The number of nitrogens with two attached hydrogens (primary N) is 1. The number of benzene rings is 1. The average Bonchev–Trinajstić information content (AvgIpc) is 3.29. The number of hydrogen-bond acceptors (Lipinski definition) is 3. The summed E-state index contributed by atoms with van der Waals surface area (Å²) in [6.45, 7) is 7.29. The van der Waals surface area contributed by atoms with Gasteiger partial charge in [0.15, 0.2) is 0 Å². The molecule has 0 radical (unpaired) electrons. The fourth-order valence-electron chi connectivity index (χ4n) is 3.17. The van der Waals surface area contributed by atoms with E-state index in [1.807, 2.05) is 6.92 Å². The topological polar surface area (TPSA) is 32.5 Å². The second-order valence-electron chi connectivity index (χ2n) is 6.06. The van der Waals surface area contributed by atoms with Crippen molar-refractivity contribution in [3.05, 3.63) is 34.3 Å². The van der Waals surface area contributed by atoms with Crippen LogP contribution in [0.2, 0.25) is 5.02 Å². The first-order valence-electron chi connectivity index (χ1n) is 7.63. The molecule has 20 heavy (non-hydrogen) atoms. The summed E-state index contributed by atoms with van der Waals surface area (Å²) in [7, 11) is 0. The monoisotopic (exact) mass is 293 g/mol. The van der Waals surface area contributed by atoms with E-state index in [1.165, 1.54) is 31.5 Å². The normalized spacial score (nSPS) is 22.9. The van der Waals surface area contributed by atoms with Gasteiger partial charge in [-0.25, -0.2) is 0 Å². The lowest BCUT2D eigenvalue weighted by Crippen LogP contribution is -2.49. The molecule has 0 spiro atoms. The van der Waals surface area contributed by atoms with Gasteiger partial charge in [0.25, 0.3) is 0 Å². The highest BCUT2D eigenvalue weighted by Crippen LogP contribution is 2.30. The minimum absolute atomic E-state index is 0.300. The van der Waals surface area contributed by atoms with Crippen LogP contribution in [-0.4, -0.2) is 48.6 Å². The summed E-state index contributed by atoms with van der Waals surface area (Å²) in [6.07, 6.45) is 2.79. The van der Waals surface area contributed by atoms with Crippen LogP contribution in [0.5, 0.6) is 0 Å². The minimum atomic E-state index is 0.300. The summed E-state index contributed by atoms with van der Waals surface area (Å²) in [5.41, 5.74) is 8.41. The maximum absolute atomic E-state index is 6.26. The molecule has 1 atom stereocenters. The molecule has 1 aromatic rings. The molecular formula is C16H24ClN3. The second-order valence-corrected chi connectivity index (χ2v) is 6.47. The van der Waals surface area contributed by atoms with E-state index in [0.717, 1.165) is 29.7 Å². The van der Waals surface area contributed by atoms with Gasteiger partial charge >= 0.3 is 0 Å². The maximum atomic E-state index is 6.26. The molecule has 1 aromatic carbocycles. The summed E-state index contributed by atoms with van der Waals surface area (Å²) in [6, 6.07) is 7.53. The van der Waals surface area contributed by atoms with Gasteiger partial charge in [0.1, 0.15) is 0 Å². The lowest BCUT2D eigenvalue weighted by Gasteiger charge is -2.39. The Hall–Kier alpha value is -0.610. The number of aryl methyl sites for hydroxylation is 1. The number of halogens is 1. The van der Waals surface area contributed by atoms with Gasteiger partial charge in [-0.05, 0) is 37.0 Å². The molecule has 2 fully saturated rings. The molecule has 1 saturated carbocycles. The first kappa shape index (κ1) is 14.3. The predicted molar refractivity (Wildman–Crippen MR) is 84.2 cm³/mol. The molecule has 1 saturated heterocycles. The highest BCUT2D eigenvalue weighted by atomic mass is 35.5. The van der Waals surface area contributed by atoms with Crippen molar-refractivity contribution in [1.29, 1.82) is 0 Å². The molecule has 0 amide bonds. The second kappa shape index (κ2) is 6.02. The third-order valence-electron chi connectivity index (χ3n) is 4.66. The Morgan fingerprint density at radius 2 is 1.95 bits per heavy atom. The van der Waals surface area contributed by atoms with Gasteiger partial charge < -0.3 is 5.73 Å². The zero-order valence-corrected chi connectivity index (χ0v) is 12.9. The summed E-state index contributed by atoms with van der Waals surface area (Å²) >= 11 is 6.26. The van der Waals surface area contributed by atoms with Crippen molar-refractivity contribution in [2.75, 3.05) is 32.7 Å². The van der Waals surface area contributed by atoms with Crippen molar-refractivity contribution in [2.45, 2.75) is 31.8 Å². The Morgan fingerprint density at radius 1 is 1.25 bits per heavy atom. The average molecular weight is 294 g/mol. The van der Waals surface area contributed by atoms with Crippen molar-refractivity contribution in [2.24, 2.45) is 5.73 Å². The van der Waals surface area contributed by atoms with Crippen LogP contribution in [-0.2, 0) is 0 Å². The fraction of sp³-hybridized carbons (Fsp3) is 0.625. The van der Waals surface area contributed by atoms with Gasteiger partial charge in [-0.2, -0.15) is 0 Å². The van der Waals surface area contributed by atoms with Crippen molar-refractivity contribution in [3.63, 3.8) is 0 Å². The van der Waals surface area contributed by atoms with Crippen LogP contribution < -0.4 is 5.73 Å². The lowest BCUT2D eigenvalue weighted by atomic mass is 10.0. The summed E-state index contributed by atoms with van der Waals surface area (Å²) < 4.78 is 0. The summed E-state index contributed by atoms with van der Waals surface area (Å²) in [4.78, 5) is 5.14. The minimum Gasteiger partial charge on any atom is -0.329 e. The van der Waals surface area contributed by atoms with Crippen molar-refractivity contribution in [1.82, 2.24) is 9.80 Å². The molecule has 1 heterocycles. The summed E-state index contributed by atoms with van der Waals surface area (Å²) in [5, 5.41) is 0.845. The van der Waals surface area contributed by atoms with Crippen LogP contribution in [0, 0.1) is 6.92 Å². The zero-order valence-electron chi connectivity index (χ0n) is 12.2. The SMILES string of the molecule is Cc1ccc(C(CN)N2CCN(C3CC3)CC2)cc1Cl. The number of rotatable bonds is 4. The van der Waals surface area contributed by atoms with Gasteiger partial charge in [-0.3, -0.25) is 9.80 Å². The first-order valence-corrected chi connectivity index (χ1v) is 8.01. The predicted octanol–water partition coefficient (Wildman–Crippen LogP) is 2.43. The molecule has 2 aliphatic rings. The molecule has 1 aliphatic carbocycles. The number of hydrogen-bond donors (Lipinski definition) is 1. The molecular weight excluding hydrogens is 270 g/mol. The van der Waals surface area contributed by atoms with Gasteiger partial charge in [-0.1, -0.05) is 23.7 Å². The molecule has 0 bridgehead atoms. The smallest absolute Gasteiger partial charge is 0.0472 e. The first-order chi connectivity index (χ1) is 9.69. The van der Waals surface area contributed by atoms with E-state index in [-0.39, 0.29) is 0 Å².